The van der Waals surface area contributed by atoms with Gasteiger partial charge in [-0.2, -0.15) is 0 Å². The van der Waals surface area contributed by atoms with Crippen molar-refractivity contribution in [2.75, 3.05) is 6.61 Å². The maximum atomic E-state index is 4.83. The third-order valence-electron chi connectivity index (χ3n) is 0.408. The van der Waals surface area contributed by atoms with Crippen LogP contribution in [0.1, 0.15) is 13.3 Å². The molecule has 3 heteroatoms. The first kappa shape index (κ1) is 10.9. The molecule has 0 aliphatic heterocycles. The molecule has 0 rings (SSSR count). The van der Waals surface area contributed by atoms with E-state index < -0.39 is 0 Å². The van der Waals surface area contributed by atoms with Crippen LogP contribution in [0.4, 0.5) is 0 Å². The molecule has 0 aliphatic rings. The number of hydrogen-bond donors (Lipinski definition) is 0. The van der Waals surface area contributed by atoms with Crippen LogP contribution >= 0.6 is 0 Å². The summed E-state index contributed by atoms with van der Waals surface area (Å²) in [5.74, 6) is 0. The standard InChI is InChI=1S/C3H10OSi.CH3.Sn/c1-2-3-4-5;;/h2-3H2,1,5H3;1H3;. The van der Waals surface area contributed by atoms with Gasteiger partial charge in [-0.25, -0.2) is 0 Å². The molecule has 0 unspecified atom stereocenters. The molecular weight excluding hydrogens is 211 g/mol. The van der Waals surface area contributed by atoms with Crippen molar-refractivity contribution in [3.8, 4) is 0 Å². The molecule has 0 saturated carbocycles. The Morgan fingerprint density at radius 1 is 1.57 bits per heavy atom. The van der Waals surface area contributed by atoms with E-state index in [1.165, 1.54) is 0 Å². The predicted octanol–water partition coefficient (Wildman–Crippen LogP) is -0.104. The van der Waals surface area contributed by atoms with Crippen LogP contribution in [-0.2, 0) is 4.43 Å². The van der Waals surface area contributed by atoms with Crippen LogP contribution in [0.3, 0.4) is 0 Å². The Hall–Kier alpha value is 0.976. The van der Waals surface area contributed by atoms with Gasteiger partial charge in [-0.05, 0) is 6.42 Å². The Bertz CT molecular complexity index is 19.2. The van der Waals surface area contributed by atoms with E-state index in [2.05, 4.69) is 11.9 Å². The summed E-state index contributed by atoms with van der Waals surface area (Å²) < 4.78 is 4.83. The van der Waals surface area contributed by atoms with E-state index in [0.29, 0.717) is 0 Å². The molecule has 43 valence electrons. The molecule has 0 bridgehead atoms. The van der Waals surface area contributed by atoms with Gasteiger partial charge in [0.2, 0.25) is 0 Å². The zero-order chi connectivity index (χ0) is 6.12. The number of hydrogen-bond acceptors (Lipinski definition) is 1. The Labute approximate surface area is 62.5 Å². The van der Waals surface area contributed by atoms with Crippen LogP contribution in [0.5, 0.6) is 0 Å². The van der Waals surface area contributed by atoms with Crippen molar-refractivity contribution in [2.24, 2.45) is 0 Å². The molecule has 0 fully saturated rings. The van der Waals surface area contributed by atoms with Gasteiger partial charge >= 0.3 is 27.5 Å². The average Bonchev–Trinajstić information content (AvgIpc) is 1.75. The van der Waals surface area contributed by atoms with Gasteiger partial charge in [-0.3, -0.25) is 0 Å². The molecular formula is C4H13OSiSn. The van der Waals surface area contributed by atoms with E-state index in [0.717, 1.165) is 23.5 Å². The monoisotopic (exact) mass is 225 g/mol. The minimum atomic E-state index is 0.899. The summed E-state index contributed by atoms with van der Waals surface area (Å²) in [6.07, 6.45) is 1.16. The normalized spacial score (nSPS) is 7.29. The Balaban J connectivity index is 0. The Morgan fingerprint density at radius 2 is 2.00 bits per heavy atom. The van der Waals surface area contributed by atoms with Crippen molar-refractivity contribution in [1.82, 2.24) is 0 Å². The third kappa shape index (κ3) is 19.5. The Morgan fingerprint density at radius 3 is 2.00 bits per heavy atom. The first-order valence-electron chi connectivity index (χ1n) is 2.40. The molecule has 0 aromatic carbocycles. The number of rotatable bonds is 2. The van der Waals surface area contributed by atoms with Gasteiger partial charge in [0, 0.05) is 6.61 Å². The summed E-state index contributed by atoms with van der Waals surface area (Å²) in [5.41, 5.74) is 0. The van der Waals surface area contributed by atoms with E-state index in [-0.39, 0.29) is 0 Å². The van der Waals surface area contributed by atoms with Crippen molar-refractivity contribution in [2.45, 2.75) is 18.3 Å². The molecule has 7 heavy (non-hydrogen) atoms. The fourth-order valence-electron chi connectivity index (χ4n) is 0.204. The molecule has 0 spiro atoms. The minimum absolute atomic E-state index is 0.899. The van der Waals surface area contributed by atoms with Crippen molar-refractivity contribution < 1.29 is 4.43 Å². The topological polar surface area (TPSA) is 9.23 Å². The Kier molecular flexibility index (Phi) is 24.5. The zero-order valence-electron chi connectivity index (χ0n) is 5.32. The fourth-order valence-corrected chi connectivity index (χ4v) is 0.612. The van der Waals surface area contributed by atoms with Crippen LogP contribution in [0.15, 0.2) is 0 Å². The van der Waals surface area contributed by atoms with Crippen LogP contribution in [0, 0.1) is 0 Å². The second kappa shape index (κ2) is 15.8. The molecule has 1 nitrogen and oxygen atoms in total. The van der Waals surface area contributed by atoms with Crippen LogP contribution in [0.2, 0.25) is 4.94 Å². The van der Waals surface area contributed by atoms with E-state index in [9.17, 15) is 0 Å². The summed E-state index contributed by atoms with van der Waals surface area (Å²) in [7, 11) is 0.899. The van der Waals surface area contributed by atoms with Gasteiger partial charge in [0.05, 0.1) is 0 Å². The molecule has 0 aromatic heterocycles. The second-order valence-electron chi connectivity index (χ2n) is 0.993. The first-order valence-corrected chi connectivity index (χ1v) is 6.07. The summed E-state index contributed by atoms with van der Waals surface area (Å²) in [6, 6.07) is 0. The molecule has 0 aliphatic carbocycles. The summed E-state index contributed by atoms with van der Waals surface area (Å²) in [5, 5.41) is 0. The van der Waals surface area contributed by atoms with E-state index in [4.69, 9.17) is 4.43 Å². The SMILES string of the molecule is CCCO[SiH3].[CH3][Sn]. The second-order valence-corrected chi connectivity index (χ2v) is 1.57. The summed E-state index contributed by atoms with van der Waals surface area (Å²) in [6.45, 7) is 3.06. The van der Waals surface area contributed by atoms with Crippen molar-refractivity contribution >= 4 is 33.0 Å². The van der Waals surface area contributed by atoms with Gasteiger partial charge in [-0.15, -0.1) is 0 Å². The average molecular weight is 224 g/mol. The van der Waals surface area contributed by atoms with Crippen molar-refractivity contribution in [3.05, 3.63) is 0 Å². The fraction of sp³-hybridized carbons (Fsp3) is 1.00. The predicted molar refractivity (Wildman–Crippen MR) is 37.8 cm³/mol. The van der Waals surface area contributed by atoms with E-state index in [1.807, 2.05) is 0 Å². The van der Waals surface area contributed by atoms with Gasteiger partial charge in [0.1, 0.15) is 10.5 Å². The van der Waals surface area contributed by atoms with Crippen molar-refractivity contribution in [3.63, 3.8) is 0 Å². The van der Waals surface area contributed by atoms with Gasteiger partial charge < -0.3 is 4.43 Å². The molecule has 3 radical (unpaired) electrons. The van der Waals surface area contributed by atoms with Gasteiger partial charge in [0.25, 0.3) is 0 Å². The van der Waals surface area contributed by atoms with Crippen LogP contribution in [-0.4, -0.2) is 39.6 Å². The molecule has 0 saturated heterocycles. The zero-order valence-corrected chi connectivity index (χ0v) is 10.2. The summed E-state index contributed by atoms with van der Waals surface area (Å²) in [4.78, 5) is 2.09. The quantitative estimate of drug-likeness (QED) is 0.595. The van der Waals surface area contributed by atoms with E-state index >= 15 is 0 Å². The van der Waals surface area contributed by atoms with E-state index in [1.54, 1.807) is 22.5 Å². The molecule has 0 atom stereocenters. The van der Waals surface area contributed by atoms with Crippen LogP contribution in [0.25, 0.3) is 0 Å². The first-order chi connectivity index (χ1) is 3.41. The van der Waals surface area contributed by atoms with Crippen molar-refractivity contribution in [1.29, 1.82) is 0 Å². The summed E-state index contributed by atoms with van der Waals surface area (Å²) >= 11 is 1.55. The molecule has 0 N–H and O–H groups in total. The van der Waals surface area contributed by atoms with Crippen LogP contribution < -0.4 is 0 Å². The van der Waals surface area contributed by atoms with Gasteiger partial charge in [-0.1, -0.05) is 6.92 Å². The third-order valence-corrected chi connectivity index (χ3v) is 0.816. The molecule has 0 amide bonds. The molecule has 0 heterocycles. The van der Waals surface area contributed by atoms with Gasteiger partial charge in [0.15, 0.2) is 0 Å². The molecule has 0 aromatic rings. The maximum absolute atomic E-state index is 4.83.